The second kappa shape index (κ2) is 6.18. The molecule has 0 aliphatic carbocycles. The van der Waals surface area contributed by atoms with E-state index in [1.807, 2.05) is 12.1 Å². The Kier molecular flexibility index (Phi) is 4.86. The van der Waals surface area contributed by atoms with Gasteiger partial charge in [-0.05, 0) is 25.1 Å². The van der Waals surface area contributed by atoms with Crippen LogP contribution in [0.4, 0.5) is 5.69 Å². The summed E-state index contributed by atoms with van der Waals surface area (Å²) in [5, 5.41) is 3.68. The molecule has 0 aliphatic heterocycles. The van der Waals surface area contributed by atoms with Crippen molar-refractivity contribution in [3.8, 4) is 0 Å². The van der Waals surface area contributed by atoms with Crippen LogP contribution in [0.5, 0.6) is 0 Å². The second-order valence-corrected chi connectivity index (χ2v) is 3.62. The van der Waals surface area contributed by atoms with E-state index in [0.717, 1.165) is 5.69 Å². The number of anilines is 1. The minimum Gasteiger partial charge on any atom is -0.463 e. The van der Waals surface area contributed by atoms with Crippen molar-refractivity contribution in [1.29, 1.82) is 0 Å². The van der Waals surface area contributed by atoms with Crippen LogP contribution >= 0.6 is 11.6 Å². The van der Waals surface area contributed by atoms with Gasteiger partial charge in [-0.2, -0.15) is 0 Å². The lowest BCUT2D eigenvalue weighted by Crippen LogP contribution is -2.14. The molecule has 1 rings (SSSR count). The molecule has 0 aromatic heterocycles. The lowest BCUT2D eigenvalue weighted by atomic mass is 10.2. The Morgan fingerprint density at radius 2 is 2.31 bits per heavy atom. The van der Waals surface area contributed by atoms with Crippen LogP contribution in [0.25, 0.3) is 0 Å². The van der Waals surface area contributed by atoms with Gasteiger partial charge in [0.2, 0.25) is 0 Å². The first kappa shape index (κ1) is 12.6. The van der Waals surface area contributed by atoms with Crippen LogP contribution in [0.15, 0.2) is 36.4 Å². The molecule has 4 heteroatoms. The lowest BCUT2D eigenvalue weighted by molar-refractivity contribution is -0.138. The molecular weight excluding hydrogens is 226 g/mol. The van der Waals surface area contributed by atoms with Crippen molar-refractivity contribution in [1.82, 2.24) is 0 Å². The van der Waals surface area contributed by atoms with E-state index in [1.165, 1.54) is 0 Å². The Labute approximate surface area is 100 Å². The van der Waals surface area contributed by atoms with Gasteiger partial charge in [-0.25, -0.2) is 4.79 Å². The number of ether oxygens (including phenoxy) is 1. The van der Waals surface area contributed by atoms with E-state index in [9.17, 15) is 4.79 Å². The number of nitrogens with one attached hydrogen (secondary N) is 1. The largest absolute Gasteiger partial charge is 0.463 e. The average molecular weight is 240 g/mol. The maximum atomic E-state index is 11.2. The summed E-state index contributed by atoms with van der Waals surface area (Å²) in [6.07, 6.45) is 0. The van der Waals surface area contributed by atoms with Gasteiger partial charge >= 0.3 is 5.97 Å². The zero-order chi connectivity index (χ0) is 12.0. The predicted molar refractivity (Wildman–Crippen MR) is 65.7 cm³/mol. The highest BCUT2D eigenvalue weighted by atomic mass is 35.5. The molecular formula is C12H14ClNO2. The Hall–Kier alpha value is -1.48. The van der Waals surface area contributed by atoms with E-state index in [2.05, 4.69) is 11.9 Å². The molecule has 3 nitrogen and oxygen atoms in total. The Balaban J connectivity index is 2.46. The van der Waals surface area contributed by atoms with E-state index in [1.54, 1.807) is 19.1 Å². The molecule has 0 unspecified atom stereocenters. The smallest absolute Gasteiger partial charge is 0.335 e. The van der Waals surface area contributed by atoms with E-state index < -0.39 is 0 Å². The van der Waals surface area contributed by atoms with Gasteiger partial charge < -0.3 is 10.1 Å². The molecule has 0 spiro atoms. The normalized spacial score (nSPS) is 9.62. The molecule has 0 amide bonds. The van der Waals surface area contributed by atoms with E-state index in [-0.39, 0.29) is 5.97 Å². The number of hydrogen-bond acceptors (Lipinski definition) is 3. The number of hydrogen-bond donors (Lipinski definition) is 1. The van der Waals surface area contributed by atoms with Crippen molar-refractivity contribution in [2.75, 3.05) is 18.5 Å². The maximum absolute atomic E-state index is 11.2. The number of halogens is 1. The summed E-state index contributed by atoms with van der Waals surface area (Å²) in [6, 6.07) is 7.26. The standard InChI is InChI=1S/C12H14ClNO2/c1-3-16-12(15)9(2)8-14-11-6-4-5-10(13)7-11/h4-7,14H,2-3,8H2,1H3. The fourth-order valence-electron chi connectivity index (χ4n) is 1.11. The van der Waals surface area contributed by atoms with Gasteiger partial charge in [0, 0.05) is 22.8 Å². The summed E-state index contributed by atoms with van der Waals surface area (Å²) < 4.78 is 4.81. The first-order valence-corrected chi connectivity index (χ1v) is 5.35. The minimum atomic E-state index is -0.378. The SMILES string of the molecule is C=C(CNc1cccc(Cl)c1)C(=O)OCC. The van der Waals surface area contributed by atoms with Crippen molar-refractivity contribution < 1.29 is 9.53 Å². The Morgan fingerprint density at radius 1 is 1.56 bits per heavy atom. The topological polar surface area (TPSA) is 38.3 Å². The van der Waals surface area contributed by atoms with Crippen LogP contribution in [0.1, 0.15) is 6.92 Å². The summed E-state index contributed by atoms with van der Waals surface area (Å²) in [4.78, 5) is 11.2. The highest BCUT2D eigenvalue weighted by Crippen LogP contribution is 2.15. The fourth-order valence-corrected chi connectivity index (χ4v) is 1.30. The molecule has 1 aromatic carbocycles. The highest BCUT2D eigenvalue weighted by Gasteiger charge is 2.06. The van der Waals surface area contributed by atoms with Crippen LogP contribution in [-0.2, 0) is 9.53 Å². The van der Waals surface area contributed by atoms with Gasteiger partial charge in [0.1, 0.15) is 0 Å². The van der Waals surface area contributed by atoms with Crippen LogP contribution in [0.2, 0.25) is 5.02 Å². The average Bonchev–Trinajstić information content (AvgIpc) is 2.26. The van der Waals surface area contributed by atoms with Gasteiger partial charge in [0.05, 0.1) is 6.61 Å². The summed E-state index contributed by atoms with van der Waals surface area (Å²) in [5.41, 5.74) is 1.24. The third-order valence-electron chi connectivity index (χ3n) is 1.89. The molecule has 0 saturated carbocycles. The summed E-state index contributed by atoms with van der Waals surface area (Å²) in [6.45, 7) is 6.10. The second-order valence-electron chi connectivity index (χ2n) is 3.19. The lowest BCUT2D eigenvalue weighted by Gasteiger charge is -2.08. The maximum Gasteiger partial charge on any atom is 0.335 e. The monoisotopic (exact) mass is 239 g/mol. The minimum absolute atomic E-state index is 0.346. The number of benzene rings is 1. The molecule has 0 heterocycles. The molecule has 0 saturated heterocycles. The molecule has 1 aromatic rings. The zero-order valence-electron chi connectivity index (χ0n) is 9.13. The van der Waals surface area contributed by atoms with E-state index in [4.69, 9.17) is 16.3 Å². The molecule has 16 heavy (non-hydrogen) atoms. The highest BCUT2D eigenvalue weighted by molar-refractivity contribution is 6.30. The zero-order valence-corrected chi connectivity index (χ0v) is 9.88. The molecule has 1 N–H and O–H groups in total. The molecule has 0 aliphatic rings. The van der Waals surface area contributed by atoms with Gasteiger partial charge in [0.15, 0.2) is 0 Å². The first-order chi connectivity index (χ1) is 7.63. The number of esters is 1. The van der Waals surface area contributed by atoms with Gasteiger partial charge in [-0.1, -0.05) is 24.2 Å². The van der Waals surface area contributed by atoms with E-state index >= 15 is 0 Å². The predicted octanol–water partition coefficient (Wildman–Crippen LogP) is 2.87. The molecule has 0 bridgehead atoms. The van der Waals surface area contributed by atoms with Crippen molar-refractivity contribution in [2.45, 2.75) is 6.92 Å². The van der Waals surface area contributed by atoms with Crippen LogP contribution in [0, 0.1) is 0 Å². The van der Waals surface area contributed by atoms with Crippen molar-refractivity contribution >= 4 is 23.3 Å². The van der Waals surface area contributed by atoms with Crippen LogP contribution in [0.3, 0.4) is 0 Å². The molecule has 0 atom stereocenters. The number of carbonyl (C=O) groups is 1. The van der Waals surface area contributed by atoms with Crippen molar-refractivity contribution in [3.05, 3.63) is 41.4 Å². The van der Waals surface area contributed by atoms with Crippen LogP contribution < -0.4 is 5.32 Å². The third-order valence-corrected chi connectivity index (χ3v) is 2.13. The van der Waals surface area contributed by atoms with Gasteiger partial charge in [-0.15, -0.1) is 0 Å². The fraction of sp³-hybridized carbons (Fsp3) is 0.250. The van der Waals surface area contributed by atoms with Crippen LogP contribution in [-0.4, -0.2) is 19.1 Å². The first-order valence-electron chi connectivity index (χ1n) is 4.98. The summed E-state index contributed by atoms with van der Waals surface area (Å²) >= 11 is 5.82. The summed E-state index contributed by atoms with van der Waals surface area (Å²) in [7, 11) is 0. The van der Waals surface area contributed by atoms with Crippen molar-refractivity contribution in [2.24, 2.45) is 0 Å². The Bertz CT molecular complexity index is 390. The molecule has 86 valence electrons. The molecule has 0 radical (unpaired) electrons. The van der Waals surface area contributed by atoms with Gasteiger partial charge in [0.25, 0.3) is 0 Å². The Morgan fingerprint density at radius 3 is 2.94 bits per heavy atom. The number of rotatable bonds is 5. The third kappa shape index (κ3) is 3.95. The van der Waals surface area contributed by atoms with Gasteiger partial charge in [-0.3, -0.25) is 0 Å². The van der Waals surface area contributed by atoms with Crippen molar-refractivity contribution in [3.63, 3.8) is 0 Å². The number of carbonyl (C=O) groups excluding carboxylic acids is 1. The molecule has 0 fully saturated rings. The summed E-state index contributed by atoms with van der Waals surface area (Å²) in [5.74, 6) is -0.378. The quantitative estimate of drug-likeness (QED) is 0.634. The van der Waals surface area contributed by atoms with E-state index in [0.29, 0.717) is 23.7 Å².